The van der Waals surface area contributed by atoms with Crippen LogP contribution in [0.2, 0.25) is 0 Å². The lowest BCUT2D eigenvalue weighted by Gasteiger charge is -2.09. The van der Waals surface area contributed by atoms with Gasteiger partial charge in [-0.3, -0.25) is 4.79 Å². The van der Waals surface area contributed by atoms with Gasteiger partial charge in [0.25, 0.3) is 0 Å². The van der Waals surface area contributed by atoms with Crippen LogP contribution in [0.3, 0.4) is 0 Å². The van der Waals surface area contributed by atoms with Crippen molar-refractivity contribution in [2.75, 3.05) is 11.9 Å². The summed E-state index contributed by atoms with van der Waals surface area (Å²) >= 11 is 0. The minimum Gasteiger partial charge on any atom is -0.494 e. The van der Waals surface area contributed by atoms with E-state index in [4.69, 9.17) is 9.26 Å². The second kappa shape index (κ2) is 9.64. The Morgan fingerprint density at radius 1 is 1.15 bits per heavy atom. The van der Waals surface area contributed by atoms with E-state index in [1.165, 1.54) is 10.7 Å². The quantitative estimate of drug-likeness (QED) is 0.421. The Hall–Kier alpha value is -4.01. The zero-order chi connectivity index (χ0) is 23.4. The summed E-state index contributed by atoms with van der Waals surface area (Å²) in [4.78, 5) is 16.7. The molecule has 0 saturated heterocycles. The van der Waals surface area contributed by atoms with Gasteiger partial charge < -0.3 is 14.6 Å². The number of anilines is 1. The lowest BCUT2D eigenvalue weighted by molar-refractivity contribution is -0.116. The average molecular weight is 449 g/mol. The fourth-order valence-electron chi connectivity index (χ4n) is 3.41. The van der Waals surface area contributed by atoms with Gasteiger partial charge in [0.1, 0.15) is 11.4 Å². The first kappa shape index (κ1) is 22.2. The van der Waals surface area contributed by atoms with Crippen molar-refractivity contribution in [3.05, 3.63) is 71.6 Å². The van der Waals surface area contributed by atoms with Crippen LogP contribution in [-0.2, 0) is 11.2 Å². The first-order valence-corrected chi connectivity index (χ1v) is 10.6. The highest BCUT2D eigenvalue weighted by atomic mass is 19.1. The third-order valence-electron chi connectivity index (χ3n) is 4.93. The van der Waals surface area contributed by atoms with Gasteiger partial charge in [-0.2, -0.15) is 10.1 Å². The van der Waals surface area contributed by atoms with Gasteiger partial charge in [0.2, 0.25) is 17.6 Å². The standard InChI is InChI=1S/C24H24FN5O3/c1-4-32-19-8-5-17(6-9-19)24-27-23(33-29-24)12-11-22(31)26-18-7-10-21(20(25)14-18)30-16(3)13-15(2)28-30/h5-10,13-14H,4,11-12H2,1-3H3,(H,26,31). The molecule has 0 aliphatic rings. The molecule has 0 unspecified atom stereocenters. The van der Waals surface area contributed by atoms with Gasteiger partial charge in [-0.15, -0.1) is 0 Å². The molecule has 0 saturated carbocycles. The summed E-state index contributed by atoms with van der Waals surface area (Å²) in [5.41, 5.74) is 3.11. The van der Waals surface area contributed by atoms with Crippen molar-refractivity contribution in [2.45, 2.75) is 33.6 Å². The minimum absolute atomic E-state index is 0.117. The molecule has 1 amide bonds. The molecular weight excluding hydrogens is 425 g/mol. The van der Waals surface area contributed by atoms with Crippen molar-refractivity contribution < 1.29 is 18.4 Å². The molecule has 4 aromatic rings. The molecule has 0 aliphatic carbocycles. The predicted octanol–water partition coefficient (Wildman–Crippen LogP) is 4.65. The summed E-state index contributed by atoms with van der Waals surface area (Å²) < 4.78 is 26.8. The highest BCUT2D eigenvalue weighted by Gasteiger charge is 2.13. The fourth-order valence-corrected chi connectivity index (χ4v) is 3.41. The van der Waals surface area contributed by atoms with E-state index in [0.717, 1.165) is 22.7 Å². The number of halogens is 1. The summed E-state index contributed by atoms with van der Waals surface area (Å²) in [6, 6.07) is 13.7. The number of rotatable bonds is 8. The highest BCUT2D eigenvalue weighted by molar-refractivity contribution is 5.90. The maximum absolute atomic E-state index is 14.6. The van der Waals surface area contributed by atoms with E-state index in [-0.39, 0.29) is 18.7 Å². The van der Waals surface area contributed by atoms with Crippen LogP contribution in [0.5, 0.6) is 5.75 Å². The maximum atomic E-state index is 14.6. The number of benzene rings is 2. The smallest absolute Gasteiger partial charge is 0.227 e. The summed E-state index contributed by atoms with van der Waals surface area (Å²) in [7, 11) is 0. The second-order valence-corrected chi connectivity index (χ2v) is 7.52. The zero-order valence-electron chi connectivity index (χ0n) is 18.6. The third-order valence-corrected chi connectivity index (χ3v) is 4.93. The molecule has 9 heteroatoms. The summed E-state index contributed by atoms with van der Waals surface area (Å²) in [5, 5.41) is 11.0. The summed E-state index contributed by atoms with van der Waals surface area (Å²) in [6.07, 6.45) is 0.383. The van der Waals surface area contributed by atoms with Crippen LogP contribution in [0.25, 0.3) is 17.1 Å². The van der Waals surface area contributed by atoms with Crippen molar-refractivity contribution in [1.29, 1.82) is 0 Å². The molecule has 0 bridgehead atoms. The van der Waals surface area contributed by atoms with Crippen molar-refractivity contribution in [2.24, 2.45) is 0 Å². The Bertz CT molecular complexity index is 1260. The maximum Gasteiger partial charge on any atom is 0.227 e. The number of ether oxygens (including phenoxy) is 1. The van der Waals surface area contributed by atoms with Crippen LogP contribution in [-0.4, -0.2) is 32.4 Å². The summed E-state index contributed by atoms with van der Waals surface area (Å²) in [5.74, 6) is 0.793. The van der Waals surface area contributed by atoms with E-state index >= 15 is 0 Å². The van der Waals surface area contributed by atoms with E-state index in [1.54, 1.807) is 12.1 Å². The van der Waals surface area contributed by atoms with Gasteiger partial charge in [-0.05, 0) is 69.3 Å². The summed E-state index contributed by atoms with van der Waals surface area (Å²) in [6.45, 7) is 6.21. The van der Waals surface area contributed by atoms with Crippen molar-refractivity contribution in [3.63, 3.8) is 0 Å². The van der Waals surface area contributed by atoms with Crippen LogP contribution < -0.4 is 10.1 Å². The van der Waals surface area contributed by atoms with Gasteiger partial charge in [0.05, 0.1) is 12.3 Å². The highest BCUT2D eigenvalue weighted by Crippen LogP contribution is 2.22. The van der Waals surface area contributed by atoms with Crippen molar-refractivity contribution in [1.82, 2.24) is 19.9 Å². The van der Waals surface area contributed by atoms with Crippen LogP contribution in [0.15, 0.2) is 53.1 Å². The molecule has 0 fully saturated rings. The van der Waals surface area contributed by atoms with E-state index in [0.29, 0.717) is 29.7 Å². The van der Waals surface area contributed by atoms with Crippen molar-refractivity contribution >= 4 is 11.6 Å². The molecule has 4 rings (SSSR count). The number of nitrogens with one attached hydrogen (secondary N) is 1. The number of carbonyl (C=O) groups is 1. The topological polar surface area (TPSA) is 95.1 Å². The number of nitrogens with zero attached hydrogens (tertiary/aromatic N) is 4. The van der Waals surface area contributed by atoms with E-state index < -0.39 is 5.82 Å². The van der Waals surface area contributed by atoms with Gasteiger partial charge in [-0.25, -0.2) is 9.07 Å². The monoisotopic (exact) mass is 449 g/mol. The molecule has 0 spiro atoms. The lowest BCUT2D eigenvalue weighted by Crippen LogP contribution is -2.13. The molecule has 0 radical (unpaired) electrons. The van der Waals surface area contributed by atoms with Gasteiger partial charge in [-0.1, -0.05) is 5.16 Å². The Kier molecular flexibility index (Phi) is 6.48. The minimum atomic E-state index is -0.476. The second-order valence-electron chi connectivity index (χ2n) is 7.52. The number of amides is 1. The molecule has 1 N–H and O–H groups in total. The Morgan fingerprint density at radius 3 is 2.61 bits per heavy atom. The molecule has 8 nitrogen and oxygen atoms in total. The zero-order valence-corrected chi connectivity index (χ0v) is 18.6. The molecular formula is C24H24FN5O3. The molecule has 0 aliphatic heterocycles. The van der Waals surface area contributed by atoms with E-state index in [1.807, 2.05) is 51.1 Å². The SMILES string of the molecule is CCOc1ccc(-c2noc(CCC(=O)Nc3ccc(-n4nc(C)cc4C)c(F)c3)n2)cc1. The number of hydrogen-bond acceptors (Lipinski definition) is 6. The van der Waals surface area contributed by atoms with Crippen LogP contribution in [0.1, 0.15) is 30.6 Å². The molecule has 2 aromatic carbocycles. The number of carbonyl (C=O) groups excluding carboxylic acids is 1. The van der Waals surface area contributed by atoms with Gasteiger partial charge in [0, 0.05) is 29.8 Å². The first-order valence-electron chi connectivity index (χ1n) is 10.6. The average Bonchev–Trinajstić information content (AvgIpc) is 3.39. The third kappa shape index (κ3) is 5.25. The molecule has 2 aromatic heterocycles. The Morgan fingerprint density at radius 2 is 1.94 bits per heavy atom. The number of hydrogen-bond donors (Lipinski definition) is 1. The molecule has 33 heavy (non-hydrogen) atoms. The van der Waals surface area contributed by atoms with Gasteiger partial charge in [0.15, 0.2) is 5.82 Å². The lowest BCUT2D eigenvalue weighted by atomic mass is 10.2. The van der Waals surface area contributed by atoms with Gasteiger partial charge >= 0.3 is 0 Å². The molecule has 0 atom stereocenters. The Labute approximate surface area is 190 Å². The van der Waals surface area contributed by atoms with E-state index in [9.17, 15) is 9.18 Å². The normalized spacial score (nSPS) is 10.9. The first-order chi connectivity index (χ1) is 15.9. The molecule has 170 valence electrons. The van der Waals surface area contributed by atoms with Crippen molar-refractivity contribution in [3.8, 4) is 22.8 Å². The number of aromatic nitrogens is 4. The fraction of sp³-hybridized carbons (Fsp3) is 0.250. The number of aryl methyl sites for hydroxylation is 3. The van der Waals surface area contributed by atoms with E-state index in [2.05, 4.69) is 20.6 Å². The predicted molar refractivity (Wildman–Crippen MR) is 121 cm³/mol. The van der Waals surface area contributed by atoms with Crippen LogP contribution in [0, 0.1) is 19.7 Å². The largest absolute Gasteiger partial charge is 0.494 e. The Balaban J connectivity index is 1.34. The van der Waals surface area contributed by atoms with Crippen LogP contribution >= 0.6 is 0 Å². The molecule has 2 heterocycles. The van der Waals surface area contributed by atoms with Crippen LogP contribution in [0.4, 0.5) is 10.1 Å².